The van der Waals surface area contributed by atoms with E-state index < -0.39 is 0 Å². The number of ether oxygens (including phenoxy) is 2. The molecule has 8 nitrogen and oxygen atoms in total. The normalized spacial score (nSPS) is 11.1. The van der Waals surface area contributed by atoms with Gasteiger partial charge >= 0.3 is 0 Å². The SMILES string of the molecule is COc1ccc(/C=N\n2c(-c3cc(C)[nH]n3)n[nH]c2=S)c(OC)c1. The molecule has 3 rings (SSSR count). The minimum atomic E-state index is 0.370. The largest absolute Gasteiger partial charge is 0.497 e. The van der Waals surface area contributed by atoms with Crippen molar-refractivity contribution in [2.45, 2.75) is 6.92 Å². The molecule has 0 bridgehead atoms. The summed E-state index contributed by atoms with van der Waals surface area (Å²) in [4.78, 5) is 0. The predicted molar refractivity (Wildman–Crippen MR) is 92.3 cm³/mol. The summed E-state index contributed by atoms with van der Waals surface area (Å²) in [6, 6.07) is 7.33. The standard InChI is InChI=1S/C15H16N6O2S/c1-9-6-12(18-17-9)14-19-20-15(24)21(14)16-8-10-4-5-11(22-2)7-13(10)23-3/h4-8H,1-3H3,(H,17,18)(H,20,24)/b16-8-. The van der Waals surface area contributed by atoms with E-state index in [4.69, 9.17) is 21.7 Å². The number of aromatic amines is 2. The molecule has 2 N–H and O–H groups in total. The summed E-state index contributed by atoms with van der Waals surface area (Å²) < 4.78 is 12.4. The van der Waals surface area contributed by atoms with Crippen LogP contribution in [0.15, 0.2) is 29.4 Å². The molecule has 0 aliphatic rings. The van der Waals surface area contributed by atoms with Gasteiger partial charge in [0.2, 0.25) is 10.6 Å². The molecule has 24 heavy (non-hydrogen) atoms. The second-order valence-corrected chi connectivity index (χ2v) is 5.34. The lowest BCUT2D eigenvalue weighted by Gasteiger charge is -2.06. The highest BCUT2D eigenvalue weighted by Crippen LogP contribution is 2.23. The van der Waals surface area contributed by atoms with Crippen LogP contribution in [0.4, 0.5) is 0 Å². The highest BCUT2D eigenvalue weighted by atomic mass is 32.1. The molecular formula is C15H16N6O2S. The van der Waals surface area contributed by atoms with Crippen molar-refractivity contribution >= 4 is 18.4 Å². The fraction of sp³-hybridized carbons (Fsp3) is 0.200. The molecular weight excluding hydrogens is 328 g/mol. The molecule has 0 saturated heterocycles. The molecule has 0 saturated carbocycles. The topological polar surface area (TPSA) is 93.1 Å². The fourth-order valence-electron chi connectivity index (χ4n) is 2.14. The first-order chi connectivity index (χ1) is 11.6. The second kappa shape index (κ2) is 6.67. The number of rotatable bonds is 5. The molecule has 0 spiro atoms. The number of nitrogens with one attached hydrogen (secondary N) is 2. The Bertz CT molecular complexity index is 940. The second-order valence-electron chi connectivity index (χ2n) is 4.95. The van der Waals surface area contributed by atoms with Gasteiger partial charge in [-0.2, -0.15) is 20.0 Å². The van der Waals surface area contributed by atoms with Crippen molar-refractivity contribution < 1.29 is 9.47 Å². The van der Waals surface area contributed by atoms with Crippen molar-refractivity contribution in [1.29, 1.82) is 0 Å². The number of H-pyrrole nitrogens is 2. The lowest BCUT2D eigenvalue weighted by molar-refractivity contribution is 0.394. The Kier molecular flexibility index (Phi) is 4.43. The van der Waals surface area contributed by atoms with Crippen molar-refractivity contribution in [3.05, 3.63) is 40.3 Å². The Hall–Kier alpha value is -2.94. The summed E-state index contributed by atoms with van der Waals surface area (Å²) in [5, 5.41) is 18.4. The maximum Gasteiger partial charge on any atom is 0.216 e. The number of nitrogens with zero attached hydrogens (tertiary/aromatic N) is 4. The molecule has 1 aromatic carbocycles. The number of benzene rings is 1. The van der Waals surface area contributed by atoms with E-state index in [1.807, 2.05) is 25.1 Å². The molecule has 0 aliphatic heterocycles. The first kappa shape index (κ1) is 15.9. The minimum absolute atomic E-state index is 0.370. The average Bonchev–Trinajstić information content (AvgIpc) is 3.18. The Morgan fingerprint density at radius 2 is 2.00 bits per heavy atom. The van der Waals surface area contributed by atoms with Gasteiger partial charge in [-0.25, -0.2) is 5.10 Å². The first-order valence-electron chi connectivity index (χ1n) is 7.08. The van der Waals surface area contributed by atoms with Gasteiger partial charge in [0.25, 0.3) is 0 Å². The maximum atomic E-state index is 5.36. The molecule has 2 aromatic heterocycles. The van der Waals surface area contributed by atoms with Crippen molar-refractivity contribution in [3.8, 4) is 23.0 Å². The van der Waals surface area contributed by atoms with Crippen LogP contribution >= 0.6 is 12.2 Å². The molecule has 0 atom stereocenters. The summed E-state index contributed by atoms with van der Waals surface area (Å²) >= 11 is 5.24. The molecule has 0 fully saturated rings. The lowest BCUT2D eigenvalue weighted by atomic mass is 10.2. The average molecular weight is 344 g/mol. The minimum Gasteiger partial charge on any atom is -0.497 e. The van der Waals surface area contributed by atoms with Gasteiger partial charge in [0.15, 0.2) is 0 Å². The van der Waals surface area contributed by atoms with E-state index in [0.717, 1.165) is 11.3 Å². The summed E-state index contributed by atoms with van der Waals surface area (Å²) in [5.41, 5.74) is 2.36. The van der Waals surface area contributed by atoms with Gasteiger partial charge < -0.3 is 9.47 Å². The van der Waals surface area contributed by atoms with Gasteiger partial charge in [-0.15, -0.1) is 0 Å². The van der Waals surface area contributed by atoms with E-state index in [9.17, 15) is 0 Å². The summed E-state index contributed by atoms with van der Waals surface area (Å²) in [6.45, 7) is 1.91. The Morgan fingerprint density at radius 1 is 1.17 bits per heavy atom. The molecule has 2 heterocycles. The van der Waals surface area contributed by atoms with Crippen molar-refractivity contribution in [3.63, 3.8) is 0 Å². The molecule has 3 aromatic rings. The number of aromatic nitrogens is 5. The Balaban J connectivity index is 1.99. The van der Waals surface area contributed by atoms with E-state index in [0.29, 0.717) is 27.8 Å². The summed E-state index contributed by atoms with van der Waals surface area (Å²) in [7, 11) is 3.19. The third kappa shape index (κ3) is 3.06. The predicted octanol–water partition coefficient (Wildman–Crippen LogP) is 2.54. The van der Waals surface area contributed by atoms with Crippen LogP contribution in [-0.2, 0) is 0 Å². The van der Waals surface area contributed by atoms with Crippen LogP contribution in [0.1, 0.15) is 11.3 Å². The fourth-order valence-corrected chi connectivity index (χ4v) is 2.32. The zero-order valence-electron chi connectivity index (χ0n) is 13.4. The van der Waals surface area contributed by atoms with Gasteiger partial charge in [0.1, 0.15) is 17.2 Å². The highest BCUT2D eigenvalue weighted by molar-refractivity contribution is 7.71. The van der Waals surface area contributed by atoms with Crippen LogP contribution < -0.4 is 9.47 Å². The van der Waals surface area contributed by atoms with Gasteiger partial charge in [-0.1, -0.05) is 0 Å². The van der Waals surface area contributed by atoms with Gasteiger partial charge in [-0.3, -0.25) is 5.10 Å². The van der Waals surface area contributed by atoms with Crippen LogP contribution in [0.2, 0.25) is 0 Å². The quantitative estimate of drug-likeness (QED) is 0.548. The maximum absolute atomic E-state index is 5.36. The zero-order chi connectivity index (χ0) is 17.1. The molecule has 0 unspecified atom stereocenters. The molecule has 0 radical (unpaired) electrons. The van der Waals surface area contributed by atoms with Crippen LogP contribution in [-0.4, -0.2) is 45.5 Å². The van der Waals surface area contributed by atoms with E-state index in [2.05, 4.69) is 25.5 Å². The Morgan fingerprint density at radius 3 is 2.67 bits per heavy atom. The number of methoxy groups -OCH3 is 2. The van der Waals surface area contributed by atoms with E-state index in [1.54, 1.807) is 26.5 Å². The smallest absolute Gasteiger partial charge is 0.216 e. The van der Waals surface area contributed by atoms with Gasteiger partial charge in [0, 0.05) is 17.3 Å². The summed E-state index contributed by atoms with van der Waals surface area (Å²) in [5.74, 6) is 1.87. The number of hydrogen-bond donors (Lipinski definition) is 2. The Labute approximate surface area is 143 Å². The lowest BCUT2D eigenvalue weighted by Crippen LogP contribution is -1.97. The number of hydrogen-bond acceptors (Lipinski definition) is 6. The van der Waals surface area contributed by atoms with Crippen LogP contribution in [0.25, 0.3) is 11.5 Å². The summed E-state index contributed by atoms with van der Waals surface area (Å²) in [6.07, 6.45) is 1.65. The third-order valence-corrected chi connectivity index (χ3v) is 3.60. The molecule has 124 valence electrons. The third-order valence-electron chi connectivity index (χ3n) is 3.34. The van der Waals surface area contributed by atoms with E-state index in [1.165, 1.54) is 4.68 Å². The van der Waals surface area contributed by atoms with Crippen LogP contribution in [0.3, 0.4) is 0 Å². The van der Waals surface area contributed by atoms with Gasteiger partial charge in [-0.05, 0) is 37.3 Å². The molecule has 0 amide bonds. The van der Waals surface area contributed by atoms with Crippen molar-refractivity contribution in [2.75, 3.05) is 14.2 Å². The van der Waals surface area contributed by atoms with Crippen LogP contribution in [0, 0.1) is 11.7 Å². The van der Waals surface area contributed by atoms with Crippen molar-refractivity contribution in [2.24, 2.45) is 5.10 Å². The van der Waals surface area contributed by atoms with Crippen LogP contribution in [0.5, 0.6) is 11.5 Å². The molecule has 0 aliphatic carbocycles. The number of aryl methyl sites for hydroxylation is 1. The zero-order valence-corrected chi connectivity index (χ0v) is 14.2. The first-order valence-corrected chi connectivity index (χ1v) is 7.49. The van der Waals surface area contributed by atoms with E-state index in [-0.39, 0.29) is 0 Å². The molecule has 9 heteroatoms. The van der Waals surface area contributed by atoms with Gasteiger partial charge in [0.05, 0.1) is 20.4 Å². The van der Waals surface area contributed by atoms with Crippen molar-refractivity contribution in [1.82, 2.24) is 25.1 Å². The monoisotopic (exact) mass is 344 g/mol. The van der Waals surface area contributed by atoms with E-state index >= 15 is 0 Å². The highest BCUT2D eigenvalue weighted by Gasteiger charge is 2.11.